The summed E-state index contributed by atoms with van der Waals surface area (Å²) in [5.41, 5.74) is 6.50. The van der Waals surface area contributed by atoms with Gasteiger partial charge in [0.05, 0.1) is 5.02 Å². The van der Waals surface area contributed by atoms with E-state index in [2.05, 4.69) is 0 Å². The Bertz CT molecular complexity index is 515. The monoisotopic (exact) mass is 265 g/mol. The Morgan fingerprint density at radius 3 is 2.39 bits per heavy atom. The summed E-state index contributed by atoms with van der Waals surface area (Å²) in [7, 11) is 0. The largest absolute Gasteiger partial charge is 0.483 e. The molecule has 0 bridgehead atoms. The van der Waals surface area contributed by atoms with Crippen LogP contribution in [0.1, 0.15) is 11.7 Å². The summed E-state index contributed by atoms with van der Waals surface area (Å²) in [6.45, 7) is 0.289. The Balaban J connectivity index is 2.20. The first-order chi connectivity index (χ1) is 8.70. The highest BCUT2D eigenvalue weighted by Crippen LogP contribution is 2.28. The van der Waals surface area contributed by atoms with Crippen LogP contribution in [0.15, 0.2) is 48.5 Å². The van der Waals surface area contributed by atoms with E-state index in [9.17, 15) is 4.39 Å². The highest BCUT2D eigenvalue weighted by molar-refractivity contribution is 6.32. The van der Waals surface area contributed by atoms with Crippen LogP contribution in [-0.4, -0.2) is 6.54 Å². The van der Waals surface area contributed by atoms with Gasteiger partial charge in [0.15, 0.2) is 0 Å². The summed E-state index contributed by atoms with van der Waals surface area (Å²) in [6.07, 6.45) is -0.342. The first-order valence-corrected chi connectivity index (χ1v) is 5.95. The van der Waals surface area contributed by atoms with E-state index >= 15 is 0 Å². The van der Waals surface area contributed by atoms with Gasteiger partial charge >= 0.3 is 0 Å². The molecular weight excluding hydrogens is 253 g/mol. The molecule has 0 aromatic heterocycles. The second-order valence-electron chi connectivity index (χ2n) is 3.82. The van der Waals surface area contributed by atoms with Gasteiger partial charge in [-0.15, -0.1) is 0 Å². The molecule has 94 valence electrons. The van der Waals surface area contributed by atoms with Crippen LogP contribution < -0.4 is 10.5 Å². The highest BCUT2D eigenvalue weighted by Gasteiger charge is 2.13. The van der Waals surface area contributed by atoms with Crippen molar-refractivity contribution in [3.63, 3.8) is 0 Å². The first kappa shape index (κ1) is 12.9. The van der Waals surface area contributed by atoms with Gasteiger partial charge in [-0.25, -0.2) is 4.39 Å². The predicted molar refractivity (Wildman–Crippen MR) is 70.3 cm³/mol. The van der Waals surface area contributed by atoms with E-state index in [-0.39, 0.29) is 18.5 Å². The van der Waals surface area contributed by atoms with Gasteiger partial charge in [-0.1, -0.05) is 35.9 Å². The van der Waals surface area contributed by atoms with Crippen LogP contribution in [0.4, 0.5) is 4.39 Å². The predicted octanol–water partition coefficient (Wildman–Crippen LogP) is 3.56. The van der Waals surface area contributed by atoms with Gasteiger partial charge in [0, 0.05) is 6.54 Å². The molecule has 0 amide bonds. The lowest BCUT2D eigenvalue weighted by Crippen LogP contribution is -2.18. The summed E-state index contributed by atoms with van der Waals surface area (Å²) >= 11 is 6.01. The summed E-state index contributed by atoms with van der Waals surface area (Å²) < 4.78 is 18.6. The van der Waals surface area contributed by atoms with E-state index in [1.807, 2.05) is 12.1 Å². The number of ether oxygens (including phenoxy) is 1. The van der Waals surface area contributed by atoms with E-state index in [0.717, 1.165) is 5.56 Å². The van der Waals surface area contributed by atoms with Crippen LogP contribution in [-0.2, 0) is 0 Å². The van der Waals surface area contributed by atoms with Crippen molar-refractivity contribution in [3.05, 3.63) is 64.9 Å². The van der Waals surface area contributed by atoms with Gasteiger partial charge in [0.25, 0.3) is 0 Å². The van der Waals surface area contributed by atoms with E-state index in [1.54, 1.807) is 24.3 Å². The summed E-state index contributed by atoms with van der Waals surface area (Å²) in [4.78, 5) is 0. The highest BCUT2D eigenvalue weighted by atomic mass is 35.5. The van der Waals surface area contributed by atoms with Gasteiger partial charge in [-0.05, 0) is 29.8 Å². The molecule has 0 spiro atoms. The summed E-state index contributed by atoms with van der Waals surface area (Å²) in [5.74, 6) is 0.284. The third-order valence-corrected chi connectivity index (χ3v) is 2.87. The van der Waals surface area contributed by atoms with Crippen LogP contribution in [0.2, 0.25) is 5.02 Å². The number of hydrogen-bond donors (Lipinski definition) is 1. The van der Waals surface area contributed by atoms with Crippen LogP contribution in [0.5, 0.6) is 5.75 Å². The lowest BCUT2D eigenvalue weighted by molar-refractivity contribution is 0.214. The molecule has 2 N–H and O–H groups in total. The Morgan fingerprint density at radius 1 is 1.11 bits per heavy atom. The van der Waals surface area contributed by atoms with Crippen LogP contribution in [0.25, 0.3) is 0 Å². The standard InChI is InChI=1S/C14H13ClFNO/c15-12-3-1-2-4-13(12)18-14(9-17)10-5-7-11(16)8-6-10/h1-8,14H,9,17H2. The molecule has 0 saturated carbocycles. The molecule has 2 aromatic rings. The van der Waals surface area contributed by atoms with Gasteiger partial charge in [0.2, 0.25) is 0 Å². The van der Waals surface area contributed by atoms with Gasteiger partial charge in [0.1, 0.15) is 17.7 Å². The average molecular weight is 266 g/mol. The first-order valence-electron chi connectivity index (χ1n) is 5.57. The Hall–Kier alpha value is -1.58. The quantitative estimate of drug-likeness (QED) is 0.917. The second-order valence-corrected chi connectivity index (χ2v) is 4.23. The van der Waals surface area contributed by atoms with Crippen molar-refractivity contribution in [2.75, 3.05) is 6.54 Å². The minimum atomic E-state index is -0.342. The number of hydrogen-bond acceptors (Lipinski definition) is 2. The lowest BCUT2D eigenvalue weighted by Gasteiger charge is -2.18. The minimum absolute atomic E-state index is 0.285. The number of rotatable bonds is 4. The lowest BCUT2D eigenvalue weighted by atomic mass is 10.1. The Kier molecular flexibility index (Phi) is 4.18. The summed E-state index contributed by atoms with van der Waals surface area (Å²) in [5, 5.41) is 0.526. The Morgan fingerprint density at radius 2 is 1.78 bits per heavy atom. The van der Waals surface area contributed by atoms with Crippen molar-refractivity contribution in [1.29, 1.82) is 0 Å². The SMILES string of the molecule is NCC(Oc1ccccc1Cl)c1ccc(F)cc1. The molecule has 0 aliphatic rings. The van der Waals surface area contributed by atoms with E-state index in [4.69, 9.17) is 22.1 Å². The number of benzene rings is 2. The molecule has 0 saturated heterocycles. The molecule has 18 heavy (non-hydrogen) atoms. The van der Waals surface area contributed by atoms with E-state index in [0.29, 0.717) is 10.8 Å². The molecular formula is C14H13ClFNO. The van der Waals surface area contributed by atoms with Crippen molar-refractivity contribution in [3.8, 4) is 5.75 Å². The van der Waals surface area contributed by atoms with E-state index < -0.39 is 0 Å². The maximum absolute atomic E-state index is 12.9. The maximum Gasteiger partial charge on any atom is 0.138 e. The zero-order valence-electron chi connectivity index (χ0n) is 9.64. The molecule has 1 unspecified atom stereocenters. The maximum atomic E-state index is 12.9. The number of halogens is 2. The Labute approximate surface area is 110 Å². The third-order valence-electron chi connectivity index (χ3n) is 2.56. The van der Waals surface area contributed by atoms with E-state index in [1.165, 1.54) is 12.1 Å². The third kappa shape index (κ3) is 3.00. The molecule has 2 aromatic carbocycles. The molecule has 4 heteroatoms. The van der Waals surface area contributed by atoms with Gasteiger partial charge in [-0.2, -0.15) is 0 Å². The fourth-order valence-electron chi connectivity index (χ4n) is 1.62. The number of para-hydroxylation sites is 1. The van der Waals surface area contributed by atoms with Crippen molar-refractivity contribution < 1.29 is 9.13 Å². The molecule has 0 heterocycles. The topological polar surface area (TPSA) is 35.2 Å². The fourth-order valence-corrected chi connectivity index (χ4v) is 1.80. The molecule has 0 aliphatic carbocycles. The van der Waals surface area contributed by atoms with Crippen molar-refractivity contribution in [2.45, 2.75) is 6.10 Å². The average Bonchev–Trinajstić information content (AvgIpc) is 2.39. The van der Waals surface area contributed by atoms with Crippen molar-refractivity contribution in [1.82, 2.24) is 0 Å². The molecule has 0 radical (unpaired) electrons. The van der Waals surface area contributed by atoms with Gasteiger partial charge in [-0.3, -0.25) is 0 Å². The molecule has 0 aliphatic heterocycles. The molecule has 0 fully saturated rings. The van der Waals surface area contributed by atoms with Crippen LogP contribution in [0, 0.1) is 5.82 Å². The molecule has 1 atom stereocenters. The zero-order chi connectivity index (χ0) is 13.0. The van der Waals surface area contributed by atoms with Gasteiger partial charge < -0.3 is 10.5 Å². The van der Waals surface area contributed by atoms with Crippen molar-refractivity contribution >= 4 is 11.6 Å². The van der Waals surface area contributed by atoms with Crippen molar-refractivity contribution in [2.24, 2.45) is 5.73 Å². The number of nitrogens with two attached hydrogens (primary N) is 1. The minimum Gasteiger partial charge on any atom is -0.483 e. The normalized spacial score (nSPS) is 12.2. The zero-order valence-corrected chi connectivity index (χ0v) is 10.4. The smallest absolute Gasteiger partial charge is 0.138 e. The fraction of sp³-hybridized carbons (Fsp3) is 0.143. The van der Waals surface area contributed by atoms with Crippen LogP contribution >= 0.6 is 11.6 Å². The van der Waals surface area contributed by atoms with Crippen LogP contribution in [0.3, 0.4) is 0 Å². The second kappa shape index (κ2) is 5.85. The molecule has 2 rings (SSSR count). The summed E-state index contributed by atoms with van der Waals surface area (Å²) in [6, 6.07) is 13.3. The molecule has 2 nitrogen and oxygen atoms in total.